The maximum Gasteiger partial charge on any atom is 0.248 e. The SMILES string of the molecule is CC(=O)N1c2ccc(-c3cnn(C4CCNCC4)c3)c(Oc3ccc(C(N)=O)cc3)c2CCC1C. The molecule has 0 spiro atoms. The summed E-state index contributed by atoms with van der Waals surface area (Å²) in [5.74, 6) is 0.855. The standard InChI is InChI=1S/C27H31N5O3/c1-17-3-8-24-25(32(17)18(2)33)10-9-23(20-15-30-31(16-20)21-11-13-29-14-12-21)26(24)35-22-6-4-19(5-7-22)27(28)34/h4-7,9-10,15-17,21,29H,3,8,11-14H2,1-2H3,(H2,28,34). The van der Waals surface area contributed by atoms with Gasteiger partial charge in [0.25, 0.3) is 0 Å². The van der Waals surface area contributed by atoms with Gasteiger partial charge in [0, 0.05) is 41.4 Å². The van der Waals surface area contributed by atoms with Gasteiger partial charge >= 0.3 is 0 Å². The molecule has 3 aromatic rings. The number of nitrogens with two attached hydrogens (primary N) is 1. The predicted molar refractivity (Wildman–Crippen MR) is 135 cm³/mol. The maximum absolute atomic E-state index is 12.5. The van der Waals surface area contributed by atoms with E-state index in [4.69, 9.17) is 10.5 Å². The number of amides is 2. The highest BCUT2D eigenvalue weighted by molar-refractivity contribution is 5.95. The molecule has 3 N–H and O–H groups in total. The molecule has 0 radical (unpaired) electrons. The van der Waals surface area contributed by atoms with Crippen molar-refractivity contribution in [1.82, 2.24) is 15.1 Å². The Morgan fingerprint density at radius 1 is 1.09 bits per heavy atom. The summed E-state index contributed by atoms with van der Waals surface area (Å²) in [5, 5.41) is 8.08. The Kier molecular flexibility index (Phi) is 6.30. The second kappa shape index (κ2) is 9.54. The number of rotatable bonds is 5. The molecule has 5 rings (SSSR count). The molecule has 0 bridgehead atoms. The monoisotopic (exact) mass is 473 g/mol. The van der Waals surface area contributed by atoms with Crippen LogP contribution in [0.5, 0.6) is 11.5 Å². The van der Waals surface area contributed by atoms with Crippen LogP contribution >= 0.6 is 0 Å². The molecule has 0 aliphatic carbocycles. The number of carbonyl (C=O) groups excluding carboxylic acids is 2. The van der Waals surface area contributed by atoms with Crippen LogP contribution in [0.1, 0.15) is 55.1 Å². The van der Waals surface area contributed by atoms with Crippen LogP contribution in [0.4, 0.5) is 5.69 Å². The van der Waals surface area contributed by atoms with E-state index in [9.17, 15) is 9.59 Å². The zero-order valence-electron chi connectivity index (χ0n) is 20.2. The van der Waals surface area contributed by atoms with Gasteiger partial charge in [-0.25, -0.2) is 0 Å². The largest absolute Gasteiger partial charge is 0.456 e. The fraction of sp³-hybridized carbons (Fsp3) is 0.370. The number of ether oxygens (including phenoxy) is 1. The molecule has 0 saturated carbocycles. The second-order valence-corrected chi connectivity index (χ2v) is 9.40. The number of nitrogens with one attached hydrogen (secondary N) is 1. The summed E-state index contributed by atoms with van der Waals surface area (Å²) in [5.41, 5.74) is 9.62. The quantitative estimate of drug-likeness (QED) is 0.582. The van der Waals surface area contributed by atoms with Gasteiger partial charge in [0.05, 0.1) is 17.9 Å². The van der Waals surface area contributed by atoms with Crippen LogP contribution in [0.2, 0.25) is 0 Å². The molecule has 3 heterocycles. The van der Waals surface area contributed by atoms with E-state index in [-0.39, 0.29) is 11.9 Å². The Balaban J connectivity index is 1.58. The van der Waals surface area contributed by atoms with E-state index in [1.54, 1.807) is 31.2 Å². The normalized spacial score (nSPS) is 18.2. The van der Waals surface area contributed by atoms with E-state index in [1.165, 1.54) is 0 Å². The van der Waals surface area contributed by atoms with Crippen molar-refractivity contribution in [3.8, 4) is 22.6 Å². The Bertz CT molecular complexity index is 1240. The van der Waals surface area contributed by atoms with Gasteiger partial charge < -0.3 is 20.7 Å². The van der Waals surface area contributed by atoms with Crippen molar-refractivity contribution in [2.24, 2.45) is 5.73 Å². The molecule has 1 aromatic heterocycles. The van der Waals surface area contributed by atoms with E-state index in [0.717, 1.165) is 66.9 Å². The summed E-state index contributed by atoms with van der Waals surface area (Å²) in [6.45, 7) is 5.66. The number of hydrogen-bond acceptors (Lipinski definition) is 5. The van der Waals surface area contributed by atoms with Crippen LogP contribution in [-0.4, -0.2) is 40.7 Å². The third kappa shape index (κ3) is 4.53. The number of benzene rings is 2. The Morgan fingerprint density at radius 3 is 2.51 bits per heavy atom. The molecule has 2 amide bonds. The van der Waals surface area contributed by atoms with Crippen LogP contribution in [0.15, 0.2) is 48.8 Å². The van der Waals surface area contributed by atoms with E-state index < -0.39 is 5.91 Å². The first kappa shape index (κ1) is 23.1. The lowest BCUT2D eigenvalue weighted by Gasteiger charge is -2.36. The molecule has 2 aliphatic heterocycles. The van der Waals surface area contributed by atoms with Gasteiger partial charge in [0.1, 0.15) is 11.5 Å². The Hall–Kier alpha value is -3.65. The van der Waals surface area contributed by atoms with Gasteiger partial charge in [0.15, 0.2) is 0 Å². The molecule has 1 unspecified atom stereocenters. The van der Waals surface area contributed by atoms with Gasteiger partial charge in [0.2, 0.25) is 11.8 Å². The first-order valence-electron chi connectivity index (χ1n) is 12.2. The highest BCUT2D eigenvalue weighted by Crippen LogP contribution is 2.45. The molecule has 1 saturated heterocycles. The predicted octanol–water partition coefficient (Wildman–Crippen LogP) is 4.05. The third-order valence-electron chi connectivity index (χ3n) is 7.04. The number of anilines is 1. The fourth-order valence-corrected chi connectivity index (χ4v) is 5.18. The molecule has 2 aliphatic rings. The molecule has 2 aromatic carbocycles. The second-order valence-electron chi connectivity index (χ2n) is 9.40. The first-order valence-corrected chi connectivity index (χ1v) is 12.2. The van der Waals surface area contributed by atoms with Crippen molar-refractivity contribution in [3.63, 3.8) is 0 Å². The smallest absolute Gasteiger partial charge is 0.248 e. The number of carbonyl (C=O) groups is 2. The summed E-state index contributed by atoms with van der Waals surface area (Å²) in [6, 6.07) is 11.3. The molecular formula is C27H31N5O3. The summed E-state index contributed by atoms with van der Waals surface area (Å²) in [7, 11) is 0. The van der Waals surface area contributed by atoms with E-state index in [0.29, 0.717) is 17.4 Å². The van der Waals surface area contributed by atoms with Crippen LogP contribution in [-0.2, 0) is 11.2 Å². The minimum absolute atomic E-state index is 0.0155. The highest BCUT2D eigenvalue weighted by Gasteiger charge is 2.30. The lowest BCUT2D eigenvalue weighted by atomic mass is 9.92. The fourth-order valence-electron chi connectivity index (χ4n) is 5.18. The van der Waals surface area contributed by atoms with Gasteiger partial charge in [-0.3, -0.25) is 14.3 Å². The summed E-state index contributed by atoms with van der Waals surface area (Å²) >= 11 is 0. The van der Waals surface area contributed by atoms with Crippen molar-refractivity contribution in [2.75, 3.05) is 18.0 Å². The van der Waals surface area contributed by atoms with Crippen LogP contribution in [0.3, 0.4) is 0 Å². The maximum atomic E-state index is 12.5. The van der Waals surface area contributed by atoms with Crippen molar-refractivity contribution < 1.29 is 14.3 Å². The zero-order valence-corrected chi connectivity index (χ0v) is 20.2. The molecular weight excluding hydrogens is 442 g/mol. The third-order valence-corrected chi connectivity index (χ3v) is 7.04. The topological polar surface area (TPSA) is 102 Å². The number of fused-ring (bicyclic) bond motifs is 1. The van der Waals surface area contributed by atoms with Gasteiger partial charge in [-0.05, 0) is 82.1 Å². The number of nitrogens with zero attached hydrogens (tertiary/aromatic N) is 3. The summed E-state index contributed by atoms with van der Waals surface area (Å²) < 4.78 is 8.54. The van der Waals surface area contributed by atoms with Crippen LogP contribution in [0.25, 0.3) is 11.1 Å². The van der Waals surface area contributed by atoms with E-state index in [2.05, 4.69) is 28.2 Å². The molecule has 35 heavy (non-hydrogen) atoms. The van der Waals surface area contributed by atoms with Crippen LogP contribution in [0, 0.1) is 0 Å². The molecule has 1 atom stereocenters. The molecule has 1 fully saturated rings. The number of hydrogen-bond donors (Lipinski definition) is 2. The van der Waals surface area contributed by atoms with Gasteiger partial charge in [-0.15, -0.1) is 0 Å². The van der Waals surface area contributed by atoms with Crippen molar-refractivity contribution in [3.05, 3.63) is 59.9 Å². The molecule has 8 heteroatoms. The molecule has 8 nitrogen and oxygen atoms in total. The summed E-state index contributed by atoms with van der Waals surface area (Å²) in [4.78, 5) is 25.8. The first-order chi connectivity index (χ1) is 16.9. The Labute approximate surface area is 205 Å². The lowest BCUT2D eigenvalue weighted by molar-refractivity contribution is -0.117. The summed E-state index contributed by atoms with van der Waals surface area (Å²) in [6.07, 6.45) is 7.72. The van der Waals surface area contributed by atoms with Crippen molar-refractivity contribution in [1.29, 1.82) is 0 Å². The van der Waals surface area contributed by atoms with Crippen LogP contribution < -0.4 is 20.7 Å². The van der Waals surface area contributed by atoms with Crippen molar-refractivity contribution in [2.45, 2.75) is 51.6 Å². The van der Waals surface area contributed by atoms with Gasteiger partial charge in [-0.2, -0.15) is 5.10 Å². The average molecular weight is 474 g/mol. The average Bonchev–Trinajstić information content (AvgIpc) is 3.35. The van der Waals surface area contributed by atoms with E-state index >= 15 is 0 Å². The van der Waals surface area contributed by atoms with Gasteiger partial charge in [-0.1, -0.05) is 0 Å². The highest BCUT2D eigenvalue weighted by atomic mass is 16.5. The minimum Gasteiger partial charge on any atom is -0.456 e. The number of primary amides is 1. The Morgan fingerprint density at radius 2 is 1.83 bits per heavy atom. The zero-order chi connectivity index (χ0) is 24.5. The van der Waals surface area contributed by atoms with E-state index in [1.807, 2.05) is 23.2 Å². The lowest BCUT2D eigenvalue weighted by Crippen LogP contribution is -2.40. The minimum atomic E-state index is -0.481. The molecule has 182 valence electrons. The van der Waals surface area contributed by atoms with Crippen molar-refractivity contribution >= 4 is 17.5 Å². The number of aromatic nitrogens is 2. The number of piperidine rings is 1.